The molecule has 0 saturated heterocycles. The summed E-state index contributed by atoms with van der Waals surface area (Å²) in [6.45, 7) is 0. The molecule has 2 nitrogen and oxygen atoms in total. The van der Waals surface area contributed by atoms with Gasteiger partial charge in [0.2, 0.25) is 0 Å². The summed E-state index contributed by atoms with van der Waals surface area (Å²) in [6, 6.07) is 17.4. The lowest BCUT2D eigenvalue weighted by Gasteiger charge is -2.14. The zero-order chi connectivity index (χ0) is 13.7. The van der Waals surface area contributed by atoms with Crippen LogP contribution >= 0.6 is 11.6 Å². The Bertz CT molecular complexity index is 649. The molecule has 0 aromatic heterocycles. The van der Waals surface area contributed by atoms with E-state index in [-0.39, 0.29) is 0 Å². The number of benzene rings is 2. The lowest BCUT2D eigenvalue weighted by atomic mass is 10.1. The van der Waals surface area contributed by atoms with E-state index in [0.717, 1.165) is 0 Å². The van der Waals surface area contributed by atoms with Gasteiger partial charge in [-0.2, -0.15) is 0 Å². The van der Waals surface area contributed by atoms with Crippen molar-refractivity contribution in [2.75, 3.05) is 0 Å². The first-order chi connectivity index (χ1) is 9.16. The maximum atomic E-state index is 12.6. The van der Waals surface area contributed by atoms with E-state index in [0.29, 0.717) is 10.5 Å². The summed E-state index contributed by atoms with van der Waals surface area (Å²) in [7, 11) is -3.49. The molecule has 1 atom stereocenters. The molecule has 0 saturated carbocycles. The zero-order valence-corrected chi connectivity index (χ0v) is 11.7. The van der Waals surface area contributed by atoms with E-state index in [2.05, 4.69) is 0 Å². The van der Waals surface area contributed by atoms with Crippen LogP contribution in [0.25, 0.3) is 0 Å². The van der Waals surface area contributed by atoms with Crippen LogP contribution < -0.4 is 0 Å². The number of halogens is 1. The maximum Gasteiger partial charge on any atom is 0.188 e. The van der Waals surface area contributed by atoms with Crippen LogP contribution in [-0.2, 0) is 9.84 Å². The quantitative estimate of drug-likeness (QED) is 0.855. The molecule has 0 spiro atoms. The van der Waals surface area contributed by atoms with Gasteiger partial charge in [-0.25, -0.2) is 8.42 Å². The summed E-state index contributed by atoms with van der Waals surface area (Å²) in [5, 5.41) is -0.770. The van der Waals surface area contributed by atoms with Crippen molar-refractivity contribution in [1.29, 1.82) is 0 Å². The fourth-order valence-corrected chi connectivity index (χ4v) is 3.72. The number of hydrogen-bond donors (Lipinski definition) is 0. The van der Waals surface area contributed by atoms with Crippen molar-refractivity contribution in [2.45, 2.75) is 10.1 Å². The van der Waals surface area contributed by atoms with Gasteiger partial charge in [0.05, 0.1) is 4.90 Å². The molecule has 4 heteroatoms. The van der Waals surface area contributed by atoms with Crippen molar-refractivity contribution >= 4 is 21.4 Å². The predicted molar refractivity (Wildman–Crippen MR) is 77.8 cm³/mol. The molecule has 0 bridgehead atoms. The Balaban J connectivity index is 2.52. The van der Waals surface area contributed by atoms with Crippen molar-refractivity contribution in [2.24, 2.45) is 0 Å². The van der Waals surface area contributed by atoms with Gasteiger partial charge < -0.3 is 0 Å². The van der Waals surface area contributed by atoms with Gasteiger partial charge in [-0.05, 0) is 17.7 Å². The van der Waals surface area contributed by atoms with Crippen LogP contribution in [0.2, 0.25) is 0 Å². The van der Waals surface area contributed by atoms with Gasteiger partial charge in [-0.15, -0.1) is 0 Å². The van der Waals surface area contributed by atoms with Gasteiger partial charge >= 0.3 is 0 Å². The maximum absolute atomic E-state index is 12.6. The molecule has 0 aliphatic carbocycles. The second kappa shape index (κ2) is 6.04. The van der Waals surface area contributed by atoms with Gasteiger partial charge in [-0.3, -0.25) is 0 Å². The van der Waals surface area contributed by atoms with E-state index in [9.17, 15) is 8.42 Å². The first kappa shape index (κ1) is 13.8. The number of sulfone groups is 1. The highest BCUT2D eigenvalue weighted by atomic mass is 35.5. The minimum atomic E-state index is -3.49. The molecule has 2 aromatic carbocycles. The second-order valence-corrected chi connectivity index (χ2v) is 6.33. The van der Waals surface area contributed by atoms with Gasteiger partial charge in [0.25, 0.3) is 0 Å². The number of rotatable bonds is 4. The number of hydrogen-bond acceptors (Lipinski definition) is 2. The normalized spacial score (nSPS) is 13.5. The third-order valence-corrected chi connectivity index (χ3v) is 4.95. The average Bonchev–Trinajstić information content (AvgIpc) is 2.46. The van der Waals surface area contributed by atoms with E-state index >= 15 is 0 Å². The third kappa shape index (κ3) is 3.06. The van der Waals surface area contributed by atoms with Gasteiger partial charge in [0.1, 0.15) is 5.25 Å². The third-order valence-electron chi connectivity index (χ3n) is 2.78. The Labute approximate surface area is 118 Å². The highest BCUT2D eigenvalue weighted by molar-refractivity contribution is 7.91. The molecule has 98 valence electrons. The fraction of sp³-hybridized carbons (Fsp3) is 0.0667. The average molecular weight is 293 g/mol. The van der Waals surface area contributed by atoms with Crippen LogP contribution in [0.5, 0.6) is 0 Å². The summed E-state index contributed by atoms with van der Waals surface area (Å²) in [4.78, 5) is 0.290. The molecule has 0 N–H and O–H groups in total. The van der Waals surface area contributed by atoms with Gasteiger partial charge in [0.15, 0.2) is 9.84 Å². The molecular weight excluding hydrogens is 280 g/mol. The van der Waals surface area contributed by atoms with E-state index < -0.39 is 15.1 Å². The largest absolute Gasteiger partial charge is 0.223 e. The lowest BCUT2D eigenvalue weighted by molar-refractivity contribution is 0.590. The lowest BCUT2D eigenvalue weighted by Crippen LogP contribution is -2.11. The Hall–Kier alpha value is -1.58. The molecule has 0 aliphatic heterocycles. The molecule has 0 fully saturated rings. The topological polar surface area (TPSA) is 34.1 Å². The summed E-state index contributed by atoms with van der Waals surface area (Å²) in [5.41, 5.74) is 1.95. The molecule has 19 heavy (non-hydrogen) atoms. The van der Waals surface area contributed by atoms with Crippen molar-refractivity contribution in [3.8, 4) is 0 Å². The summed E-state index contributed by atoms with van der Waals surface area (Å²) < 4.78 is 25.2. The minimum Gasteiger partial charge on any atom is -0.223 e. The second-order valence-electron chi connectivity index (χ2n) is 4.01. The van der Waals surface area contributed by atoms with Gasteiger partial charge in [0, 0.05) is 5.54 Å². The minimum absolute atomic E-state index is 0.290. The molecule has 0 heterocycles. The Kier molecular flexibility index (Phi) is 4.40. The molecule has 0 amide bonds. The smallest absolute Gasteiger partial charge is 0.188 e. The van der Waals surface area contributed by atoms with Crippen LogP contribution in [0.1, 0.15) is 10.8 Å². The van der Waals surface area contributed by atoms with Crippen molar-refractivity contribution in [3.05, 3.63) is 77.8 Å². The first-order valence-electron chi connectivity index (χ1n) is 5.77. The summed E-state index contributed by atoms with van der Waals surface area (Å²) >= 11 is 5.59. The van der Waals surface area contributed by atoms with Crippen molar-refractivity contribution in [3.63, 3.8) is 0 Å². The Morgan fingerprint density at radius 2 is 1.42 bits per heavy atom. The van der Waals surface area contributed by atoms with Gasteiger partial charge in [-0.1, -0.05) is 66.2 Å². The van der Waals surface area contributed by atoms with Crippen molar-refractivity contribution < 1.29 is 8.42 Å². The predicted octanol–water partition coefficient (Wildman–Crippen LogP) is 3.95. The van der Waals surface area contributed by atoms with Crippen LogP contribution in [-0.4, -0.2) is 8.42 Å². The fourth-order valence-electron chi connectivity index (χ4n) is 1.86. The van der Waals surface area contributed by atoms with Crippen LogP contribution in [0.4, 0.5) is 0 Å². The highest BCUT2D eigenvalue weighted by Gasteiger charge is 2.26. The van der Waals surface area contributed by atoms with E-state index in [1.165, 1.54) is 11.6 Å². The van der Waals surface area contributed by atoms with Crippen LogP contribution in [0.15, 0.2) is 77.2 Å². The highest BCUT2D eigenvalue weighted by Crippen LogP contribution is 2.30. The SMILES string of the molecule is O=S(=O)(c1ccccc1)C(/C=C/Cl)c1ccccc1. The van der Waals surface area contributed by atoms with Crippen LogP contribution in [0.3, 0.4) is 0 Å². The summed E-state index contributed by atoms with van der Waals surface area (Å²) in [6.07, 6.45) is 1.49. The van der Waals surface area contributed by atoms with E-state index in [1.54, 1.807) is 42.5 Å². The van der Waals surface area contributed by atoms with Crippen molar-refractivity contribution in [1.82, 2.24) is 0 Å². The molecule has 1 unspecified atom stereocenters. The Morgan fingerprint density at radius 1 is 0.895 bits per heavy atom. The Morgan fingerprint density at radius 3 is 1.95 bits per heavy atom. The summed E-state index contributed by atoms with van der Waals surface area (Å²) in [5.74, 6) is 0. The molecule has 0 aliphatic rings. The zero-order valence-electron chi connectivity index (χ0n) is 10.1. The van der Waals surface area contributed by atoms with E-state index in [1.807, 2.05) is 18.2 Å². The molecule has 2 aromatic rings. The first-order valence-corrected chi connectivity index (χ1v) is 7.75. The monoisotopic (exact) mass is 292 g/mol. The molecular formula is C15H13ClO2S. The van der Waals surface area contributed by atoms with Crippen LogP contribution in [0, 0.1) is 0 Å². The molecule has 0 radical (unpaired) electrons. The molecule has 2 rings (SSSR count). The van der Waals surface area contributed by atoms with E-state index in [4.69, 9.17) is 11.6 Å². The standard InChI is InChI=1S/C15H13ClO2S/c16-12-11-15(13-7-3-1-4-8-13)19(17,18)14-9-5-2-6-10-14/h1-12,15H/b12-11+.